The number of nitro benzene ring substituents is 1. The molecule has 0 bridgehead atoms. The van der Waals surface area contributed by atoms with Gasteiger partial charge in [0.15, 0.2) is 0 Å². The molecular weight excluding hydrogens is 390 g/mol. The number of nitro groups is 1. The zero-order valence-electron chi connectivity index (χ0n) is 13.0. The molecular formula is C17H12BrN3O4. The zero-order valence-corrected chi connectivity index (χ0v) is 14.6. The minimum Gasteiger partial charge on any atom is -0.506 e. The van der Waals surface area contributed by atoms with Crippen LogP contribution in [0.3, 0.4) is 0 Å². The third-order valence-electron chi connectivity index (χ3n) is 3.65. The minimum absolute atomic E-state index is 0.161. The maximum atomic E-state index is 12.7. The van der Waals surface area contributed by atoms with Gasteiger partial charge in [0.05, 0.1) is 26.4 Å². The first kappa shape index (κ1) is 16.8. The Balaban J connectivity index is 2.04. The van der Waals surface area contributed by atoms with Gasteiger partial charge in [-0.3, -0.25) is 14.9 Å². The van der Waals surface area contributed by atoms with Gasteiger partial charge in [-0.05, 0) is 41.1 Å². The van der Waals surface area contributed by atoms with Crippen LogP contribution < -0.4 is 5.01 Å². The highest BCUT2D eigenvalue weighted by atomic mass is 79.9. The molecule has 2 aromatic carbocycles. The molecule has 0 atom stereocenters. The number of carbonyl (C=O) groups excluding carboxylic acids is 1. The number of hydrogen-bond acceptors (Lipinski definition) is 5. The van der Waals surface area contributed by atoms with Crippen LogP contribution in [0.2, 0.25) is 0 Å². The number of carbonyl (C=O) groups is 1. The first-order valence-electron chi connectivity index (χ1n) is 7.22. The molecule has 126 valence electrons. The molecule has 0 saturated carbocycles. The number of phenols is 1. The van der Waals surface area contributed by atoms with Crippen molar-refractivity contribution in [2.75, 3.05) is 5.01 Å². The van der Waals surface area contributed by atoms with E-state index in [2.05, 4.69) is 21.0 Å². The molecule has 0 spiro atoms. The van der Waals surface area contributed by atoms with Gasteiger partial charge in [-0.1, -0.05) is 18.2 Å². The van der Waals surface area contributed by atoms with Crippen molar-refractivity contribution in [2.24, 2.45) is 5.10 Å². The van der Waals surface area contributed by atoms with Gasteiger partial charge in [0.25, 0.3) is 11.6 Å². The van der Waals surface area contributed by atoms with E-state index < -0.39 is 4.92 Å². The van der Waals surface area contributed by atoms with Crippen molar-refractivity contribution in [1.29, 1.82) is 0 Å². The summed E-state index contributed by atoms with van der Waals surface area (Å²) >= 11 is 3.08. The monoisotopic (exact) mass is 401 g/mol. The first-order valence-corrected chi connectivity index (χ1v) is 8.01. The van der Waals surface area contributed by atoms with Crippen molar-refractivity contribution in [2.45, 2.75) is 6.92 Å². The van der Waals surface area contributed by atoms with E-state index in [4.69, 9.17) is 0 Å². The number of aromatic hydroxyl groups is 1. The van der Waals surface area contributed by atoms with E-state index in [1.165, 1.54) is 23.2 Å². The number of hydrogen-bond donors (Lipinski definition) is 1. The molecule has 1 aliphatic rings. The lowest BCUT2D eigenvalue weighted by atomic mass is 10.1. The highest BCUT2D eigenvalue weighted by molar-refractivity contribution is 9.10. The third kappa shape index (κ3) is 3.16. The van der Waals surface area contributed by atoms with Crippen LogP contribution in [0.4, 0.5) is 11.4 Å². The lowest BCUT2D eigenvalue weighted by molar-refractivity contribution is -0.385. The van der Waals surface area contributed by atoms with Crippen molar-refractivity contribution >= 4 is 45.0 Å². The summed E-state index contributed by atoms with van der Waals surface area (Å²) in [6, 6.07) is 11.3. The average molecular weight is 402 g/mol. The number of halogens is 1. The van der Waals surface area contributed by atoms with Crippen LogP contribution in [0.5, 0.6) is 5.75 Å². The summed E-state index contributed by atoms with van der Waals surface area (Å²) in [5, 5.41) is 26.6. The maximum absolute atomic E-state index is 12.7. The van der Waals surface area contributed by atoms with Crippen molar-refractivity contribution in [3.8, 4) is 5.75 Å². The predicted molar refractivity (Wildman–Crippen MR) is 97.5 cm³/mol. The van der Waals surface area contributed by atoms with E-state index in [9.17, 15) is 20.0 Å². The highest BCUT2D eigenvalue weighted by Crippen LogP contribution is 2.35. The van der Waals surface area contributed by atoms with Crippen molar-refractivity contribution < 1.29 is 14.8 Å². The summed E-state index contributed by atoms with van der Waals surface area (Å²) in [5.41, 5.74) is 1.28. The van der Waals surface area contributed by atoms with Gasteiger partial charge in [0.1, 0.15) is 5.75 Å². The molecule has 0 unspecified atom stereocenters. The van der Waals surface area contributed by atoms with Crippen LogP contribution in [-0.2, 0) is 4.79 Å². The average Bonchev–Trinajstić information content (AvgIpc) is 2.87. The normalized spacial score (nSPS) is 15.6. The molecule has 0 radical (unpaired) electrons. The molecule has 0 fully saturated rings. The summed E-state index contributed by atoms with van der Waals surface area (Å²) in [4.78, 5) is 23.1. The predicted octanol–water partition coefficient (Wildman–Crippen LogP) is 3.87. The number of rotatable bonds is 3. The Morgan fingerprint density at radius 3 is 2.60 bits per heavy atom. The van der Waals surface area contributed by atoms with E-state index in [0.717, 1.165) is 0 Å². The third-order valence-corrected chi connectivity index (χ3v) is 4.26. The number of non-ortho nitro benzene ring substituents is 1. The van der Waals surface area contributed by atoms with E-state index >= 15 is 0 Å². The Morgan fingerprint density at radius 2 is 1.96 bits per heavy atom. The van der Waals surface area contributed by atoms with Crippen molar-refractivity contribution in [1.82, 2.24) is 0 Å². The summed E-state index contributed by atoms with van der Waals surface area (Å²) in [6.07, 6.45) is 1.40. The standard InChI is InChI=1S/C17H12BrN3O4/c1-10-14(17(23)20(19-10)12-5-3-2-4-6-12)8-11-7-13(21(24)25)9-15(18)16(11)22/h2-9,22H,1H3/b14-8-. The summed E-state index contributed by atoms with van der Waals surface area (Å²) in [6.45, 7) is 1.66. The van der Waals surface area contributed by atoms with Crippen LogP contribution >= 0.6 is 15.9 Å². The van der Waals surface area contributed by atoms with Crippen LogP contribution in [-0.4, -0.2) is 21.6 Å². The number of amides is 1. The van der Waals surface area contributed by atoms with Crippen LogP contribution in [0.25, 0.3) is 6.08 Å². The quantitative estimate of drug-likeness (QED) is 0.479. The van der Waals surface area contributed by atoms with Gasteiger partial charge in [0, 0.05) is 17.7 Å². The molecule has 1 N–H and O–H groups in total. The van der Waals surface area contributed by atoms with Gasteiger partial charge in [-0.25, -0.2) is 0 Å². The number of nitrogens with zero attached hydrogens (tertiary/aromatic N) is 3. The van der Waals surface area contributed by atoms with Gasteiger partial charge in [-0.2, -0.15) is 10.1 Å². The van der Waals surface area contributed by atoms with Gasteiger partial charge >= 0.3 is 0 Å². The molecule has 0 aliphatic carbocycles. The van der Waals surface area contributed by atoms with E-state index in [1.807, 2.05) is 6.07 Å². The number of benzene rings is 2. The lowest BCUT2D eigenvalue weighted by Crippen LogP contribution is -2.21. The van der Waals surface area contributed by atoms with Gasteiger partial charge < -0.3 is 5.11 Å². The Morgan fingerprint density at radius 1 is 1.28 bits per heavy atom. The molecule has 8 heteroatoms. The van der Waals surface area contributed by atoms with Gasteiger partial charge in [0.2, 0.25) is 0 Å². The Bertz CT molecular complexity index is 938. The fourth-order valence-electron chi connectivity index (χ4n) is 2.40. The van der Waals surface area contributed by atoms with Crippen molar-refractivity contribution in [3.63, 3.8) is 0 Å². The summed E-state index contributed by atoms with van der Waals surface area (Å²) < 4.78 is 0.175. The number of anilines is 1. The lowest BCUT2D eigenvalue weighted by Gasteiger charge is -2.11. The highest BCUT2D eigenvalue weighted by Gasteiger charge is 2.29. The molecule has 1 heterocycles. The van der Waals surface area contributed by atoms with E-state index in [0.29, 0.717) is 11.4 Å². The van der Waals surface area contributed by atoms with Crippen LogP contribution in [0.1, 0.15) is 12.5 Å². The Kier molecular flexibility index (Phi) is 4.37. The van der Waals surface area contributed by atoms with Crippen LogP contribution in [0.15, 0.2) is 57.6 Å². The number of phenolic OH excluding ortho intramolecular Hbond substituents is 1. The second-order valence-corrected chi connectivity index (χ2v) is 6.17. The summed E-state index contributed by atoms with van der Waals surface area (Å²) in [5.74, 6) is -0.553. The van der Waals surface area contributed by atoms with E-state index in [-0.39, 0.29) is 33.0 Å². The topological polar surface area (TPSA) is 96.0 Å². The van der Waals surface area contributed by atoms with Gasteiger partial charge in [-0.15, -0.1) is 0 Å². The second kappa shape index (κ2) is 6.48. The molecule has 0 aromatic heterocycles. The smallest absolute Gasteiger partial charge is 0.280 e. The molecule has 1 aliphatic heterocycles. The van der Waals surface area contributed by atoms with Crippen LogP contribution in [0, 0.1) is 10.1 Å². The minimum atomic E-state index is -0.570. The molecule has 7 nitrogen and oxygen atoms in total. The first-order chi connectivity index (χ1) is 11.9. The SMILES string of the molecule is CC1=NN(c2ccccc2)C(=O)/C1=C\c1cc([N+](=O)[O-])cc(Br)c1O. The second-order valence-electron chi connectivity index (χ2n) is 5.32. The molecule has 25 heavy (non-hydrogen) atoms. The van der Waals surface area contributed by atoms with Crippen molar-refractivity contribution in [3.05, 3.63) is 68.2 Å². The summed E-state index contributed by atoms with van der Waals surface area (Å²) in [7, 11) is 0. The number of para-hydroxylation sites is 1. The fraction of sp³-hybridized carbons (Fsp3) is 0.0588. The molecule has 1 amide bonds. The van der Waals surface area contributed by atoms with E-state index in [1.54, 1.807) is 31.2 Å². The Labute approximate surface area is 151 Å². The largest absolute Gasteiger partial charge is 0.506 e. The maximum Gasteiger partial charge on any atom is 0.280 e. The fourth-order valence-corrected chi connectivity index (χ4v) is 2.87. The molecule has 3 rings (SSSR count). The molecule has 2 aromatic rings. The Hall–Kier alpha value is -3.00. The number of hydrazone groups is 1. The zero-order chi connectivity index (χ0) is 18.1. The molecule has 0 saturated heterocycles.